The molecule has 0 spiro atoms. The first kappa shape index (κ1) is 18.8. The highest BCUT2D eigenvalue weighted by atomic mass is 19.1. The smallest absolute Gasteiger partial charge is 0.224 e. The highest BCUT2D eigenvalue weighted by molar-refractivity contribution is 5.91. The van der Waals surface area contributed by atoms with Crippen LogP contribution in [0.4, 0.5) is 24.5 Å². The Hall–Kier alpha value is -2.50. The zero-order valence-corrected chi connectivity index (χ0v) is 14.4. The molecule has 6 heteroatoms. The summed E-state index contributed by atoms with van der Waals surface area (Å²) in [4.78, 5) is 12.0. The zero-order chi connectivity index (χ0) is 18.6. The second-order valence-electron chi connectivity index (χ2n) is 7.08. The Kier molecular flexibility index (Phi) is 5.72. The molecule has 0 saturated carbocycles. The van der Waals surface area contributed by atoms with Crippen LogP contribution >= 0.6 is 0 Å². The third-order valence-corrected chi connectivity index (χ3v) is 3.42. The van der Waals surface area contributed by atoms with E-state index in [1.165, 1.54) is 18.2 Å². The highest BCUT2D eigenvalue weighted by Gasteiger charge is 2.18. The summed E-state index contributed by atoms with van der Waals surface area (Å²) in [5, 5.41) is 5.29. The Morgan fingerprint density at radius 3 is 2.16 bits per heavy atom. The molecular formula is C19H21F3N2O. The van der Waals surface area contributed by atoms with Crippen molar-refractivity contribution in [1.82, 2.24) is 0 Å². The summed E-state index contributed by atoms with van der Waals surface area (Å²) in [6.45, 7) is 5.91. The molecule has 0 aliphatic rings. The summed E-state index contributed by atoms with van der Waals surface area (Å²) in [6.07, 6.45) is 0.210. The number of hydrogen-bond donors (Lipinski definition) is 2. The predicted molar refractivity (Wildman–Crippen MR) is 92.8 cm³/mol. The van der Waals surface area contributed by atoms with Crippen LogP contribution < -0.4 is 10.6 Å². The minimum Gasteiger partial charge on any atom is -0.379 e. The summed E-state index contributed by atoms with van der Waals surface area (Å²) >= 11 is 0. The number of rotatable bonds is 5. The molecule has 2 aromatic rings. The van der Waals surface area contributed by atoms with Crippen molar-refractivity contribution in [2.75, 3.05) is 10.6 Å². The van der Waals surface area contributed by atoms with Crippen LogP contribution in [0.5, 0.6) is 0 Å². The number of hydrogen-bond acceptors (Lipinski definition) is 2. The van der Waals surface area contributed by atoms with E-state index < -0.39 is 11.6 Å². The van der Waals surface area contributed by atoms with E-state index in [0.717, 1.165) is 11.6 Å². The van der Waals surface area contributed by atoms with Crippen molar-refractivity contribution < 1.29 is 18.0 Å². The van der Waals surface area contributed by atoms with Gasteiger partial charge in [-0.15, -0.1) is 0 Å². The lowest BCUT2D eigenvalue weighted by Crippen LogP contribution is -2.20. The van der Waals surface area contributed by atoms with E-state index in [2.05, 4.69) is 10.6 Å². The van der Waals surface area contributed by atoms with Gasteiger partial charge in [-0.2, -0.15) is 0 Å². The summed E-state index contributed by atoms with van der Waals surface area (Å²) in [7, 11) is 0. The van der Waals surface area contributed by atoms with Crippen molar-refractivity contribution in [2.45, 2.75) is 33.7 Å². The van der Waals surface area contributed by atoms with Gasteiger partial charge in [0.05, 0.1) is 11.4 Å². The lowest BCUT2D eigenvalue weighted by molar-refractivity contribution is -0.117. The summed E-state index contributed by atoms with van der Waals surface area (Å²) in [5.74, 6) is -2.32. The van der Waals surface area contributed by atoms with Crippen molar-refractivity contribution in [3.8, 4) is 0 Å². The Morgan fingerprint density at radius 2 is 1.56 bits per heavy atom. The molecule has 25 heavy (non-hydrogen) atoms. The molecule has 134 valence electrons. The molecule has 2 rings (SSSR count). The number of nitrogens with one attached hydrogen (secondary N) is 2. The monoisotopic (exact) mass is 350 g/mol. The molecule has 0 aliphatic carbocycles. The SMILES string of the molecule is CC(C)(C)CC(=O)Nc1cc(NCc2ccc(F)cc2)c(F)cc1F. The quantitative estimate of drug-likeness (QED) is 0.788. The maximum atomic E-state index is 13.9. The van der Waals surface area contributed by atoms with Crippen LogP contribution in [-0.4, -0.2) is 5.91 Å². The molecule has 0 atom stereocenters. The van der Waals surface area contributed by atoms with Crippen molar-refractivity contribution in [2.24, 2.45) is 5.41 Å². The van der Waals surface area contributed by atoms with E-state index >= 15 is 0 Å². The normalized spacial score (nSPS) is 11.3. The van der Waals surface area contributed by atoms with E-state index in [0.29, 0.717) is 0 Å². The van der Waals surface area contributed by atoms with Gasteiger partial charge in [-0.05, 0) is 29.2 Å². The van der Waals surface area contributed by atoms with Gasteiger partial charge in [-0.3, -0.25) is 4.79 Å². The molecule has 0 radical (unpaired) electrons. The Labute approximate surface area is 145 Å². The number of halogens is 3. The fraction of sp³-hybridized carbons (Fsp3) is 0.316. The molecule has 0 unspecified atom stereocenters. The van der Waals surface area contributed by atoms with Gasteiger partial charge in [0.15, 0.2) is 0 Å². The van der Waals surface area contributed by atoms with Gasteiger partial charge in [0, 0.05) is 19.0 Å². The zero-order valence-electron chi connectivity index (χ0n) is 14.4. The predicted octanol–water partition coefficient (Wildman–Crippen LogP) is 5.09. The van der Waals surface area contributed by atoms with Crippen LogP contribution in [0.3, 0.4) is 0 Å². The standard InChI is InChI=1S/C19H21F3N2O/c1-19(2,3)10-18(25)24-17-9-16(14(21)8-15(17)22)23-11-12-4-6-13(20)7-5-12/h4-9,23H,10-11H2,1-3H3,(H,24,25). The van der Waals surface area contributed by atoms with E-state index in [-0.39, 0.29) is 41.5 Å². The number of benzene rings is 2. The third kappa shape index (κ3) is 5.81. The first-order valence-corrected chi connectivity index (χ1v) is 7.91. The fourth-order valence-corrected chi connectivity index (χ4v) is 2.26. The molecule has 0 fully saturated rings. The second-order valence-corrected chi connectivity index (χ2v) is 7.08. The lowest BCUT2D eigenvalue weighted by atomic mass is 9.92. The summed E-state index contributed by atoms with van der Waals surface area (Å²) in [5.41, 5.74) is 0.460. The van der Waals surface area contributed by atoms with Gasteiger partial charge in [0.1, 0.15) is 17.5 Å². The highest BCUT2D eigenvalue weighted by Crippen LogP contribution is 2.26. The van der Waals surface area contributed by atoms with Crippen molar-refractivity contribution >= 4 is 17.3 Å². The van der Waals surface area contributed by atoms with E-state index in [1.807, 2.05) is 20.8 Å². The Bertz CT molecular complexity index is 752. The van der Waals surface area contributed by atoms with Gasteiger partial charge < -0.3 is 10.6 Å². The number of amides is 1. The first-order valence-electron chi connectivity index (χ1n) is 7.91. The van der Waals surface area contributed by atoms with Crippen LogP contribution in [-0.2, 0) is 11.3 Å². The van der Waals surface area contributed by atoms with Gasteiger partial charge >= 0.3 is 0 Å². The van der Waals surface area contributed by atoms with Crippen LogP contribution in [0.25, 0.3) is 0 Å². The molecule has 0 heterocycles. The molecule has 0 aliphatic heterocycles. The number of carbonyl (C=O) groups is 1. The number of carbonyl (C=O) groups excluding carboxylic acids is 1. The van der Waals surface area contributed by atoms with Crippen molar-refractivity contribution in [1.29, 1.82) is 0 Å². The molecule has 2 N–H and O–H groups in total. The molecule has 3 nitrogen and oxygen atoms in total. The average molecular weight is 350 g/mol. The van der Waals surface area contributed by atoms with Gasteiger partial charge in [0.2, 0.25) is 5.91 Å². The lowest BCUT2D eigenvalue weighted by Gasteiger charge is -2.18. The van der Waals surface area contributed by atoms with Crippen LogP contribution in [0.1, 0.15) is 32.8 Å². The summed E-state index contributed by atoms with van der Waals surface area (Å²) < 4.78 is 40.7. The largest absolute Gasteiger partial charge is 0.379 e. The Morgan fingerprint density at radius 1 is 0.960 bits per heavy atom. The second kappa shape index (κ2) is 7.59. The van der Waals surface area contributed by atoms with Crippen LogP contribution in [0.2, 0.25) is 0 Å². The topological polar surface area (TPSA) is 41.1 Å². The van der Waals surface area contributed by atoms with Crippen molar-refractivity contribution in [3.05, 3.63) is 59.4 Å². The number of anilines is 2. The molecule has 1 amide bonds. The molecule has 0 aromatic heterocycles. The Balaban J connectivity index is 2.11. The maximum Gasteiger partial charge on any atom is 0.224 e. The van der Waals surface area contributed by atoms with E-state index in [9.17, 15) is 18.0 Å². The maximum absolute atomic E-state index is 13.9. The molecule has 0 saturated heterocycles. The van der Waals surface area contributed by atoms with Crippen LogP contribution in [0.15, 0.2) is 36.4 Å². The minimum absolute atomic E-state index is 0.0526. The summed E-state index contributed by atoms with van der Waals surface area (Å²) in [6, 6.07) is 7.67. The molecular weight excluding hydrogens is 329 g/mol. The molecule has 2 aromatic carbocycles. The minimum atomic E-state index is -0.841. The van der Waals surface area contributed by atoms with Gasteiger partial charge in [0.25, 0.3) is 0 Å². The average Bonchev–Trinajstić information content (AvgIpc) is 2.48. The van der Waals surface area contributed by atoms with Gasteiger partial charge in [-0.25, -0.2) is 13.2 Å². The van der Waals surface area contributed by atoms with E-state index in [4.69, 9.17) is 0 Å². The van der Waals surface area contributed by atoms with Crippen molar-refractivity contribution in [3.63, 3.8) is 0 Å². The van der Waals surface area contributed by atoms with Gasteiger partial charge in [-0.1, -0.05) is 32.9 Å². The molecule has 0 bridgehead atoms. The third-order valence-electron chi connectivity index (χ3n) is 3.42. The van der Waals surface area contributed by atoms with E-state index in [1.54, 1.807) is 12.1 Å². The first-order chi connectivity index (χ1) is 11.6. The van der Waals surface area contributed by atoms with Crippen LogP contribution in [0, 0.1) is 22.9 Å². The fourth-order valence-electron chi connectivity index (χ4n) is 2.26.